The van der Waals surface area contributed by atoms with Crippen LogP contribution in [0.5, 0.6) is 0 Å². The summed E-state index contributed by atoms with van der Waals surface area (Å²) in [5, 5.41) is 0. The third-order valence-corrected chi connectivity index (χ3v) is 2.81. The summed E-state index contributed by atoms with van der Waals surface area (Å²) in [6, 6.07) is 0. The van der Waals surface area contributed by atoms with E-state index >= 15 is 0 Å². The normalized spacial score (nSPS) is 9.55. The van der Waals surface area contributed by atoms with E-state index < -0.39 is 0 Å². The average molecular weight is 238 g/mol. The molecular formula is C10H15Rh+. The number of rotatable bonds is 0. The van der Waals surface area contributed by atoms with Gasteiger partial charge in [0.2, 0.25) is 0 Å². The maximum absolute atomic E-state index is 2.20. The van der Waals surface area contributed by atoms with Gasteiger partial charge >= 0.3 is 19.5 Å². The van der Waals surface area contributed by atoms with Gasteiger partial charge in [0, 0.05) is 0 Å². The minimum absolute atomic E-state index is 0. The first-order chi connectivity index (χ1) is 4.55. The maximum atomic E-state index is 2.20. The van der Waals surface area contributed by atoms with Gasteiger partial charge in [0.05, 0.1) is 0 Å². The average Bonchev–Trinajstić information content (AvgIpc) is 2.07. The quantitative estimate of drug-likeness (QED) is 0.481. The molecule has 0 aromatic heterocycles. The Balaban J connectivity index is 0.000001000. The van der Waals surface area contributed by atoms with Crippen LogP contribution in [0.15, 0.2) is 0 Å². The van der Waals surface area contributed by atoms with Gasteiger partial charge in [0.15, 0.2) is 0 Å². The van der Waals surface area contributed by atoms with Gasteiger partial charge in [-0.05, 0) is 0 Å². The van der Waals surface area contributed by atoms with Gasteiger partial charge in [-0.2, -0.15) is 27.8 Å². The van der Waals surface area contributed by atoms with Crippen LogP contribution >= 0.6 is 0 Å². The summed E-state index contributed by atoms with van der Waals surface area (Å²) < 4.78 is 0. The molecule has 0 unspecified atom stereocenters. The van der Waals surface area contributed by atoms with Gasteiger partial charge < -0.3 is 0 Å². The van der Waals surface area contributed by atoms with Crippen molar-refractivity contribution >= 4 is 0 Å². The van der Waals surface area contributed by atoms with Crippen LogP contribution in [0, 0.1) is 34.6 Å². The van der Waals surface area contributed by atoms with Crippen molar-refractivity contribution in [2.24, 2.45) is 0 Å². The van der Waals surface area contributed by atoms with E-state index in [1.54, 1.807) is 0 Å². The molecule has 0 saturated carbocycles. The second kappa shape index (κ2) is 3.58. The molecule has 1 aromatic rings. The Kier molecular flexibility index (Phi) is 3.57. The van der Waals surface area contributed by atoms with E-state index in [4.69, 9.17) is 0 Å². The Labute approximate surface area is 82.1 Å². The molecule has 0 N–H and O–H groups in total. The van der Waals surface area contributed by atoms with Gasteiger partial charge in [0.25, 0.3) is 0 Å². The SMILES string of the molecule is Cc1c(C)c(C)[c-](C)c1C.[Rh+2]. The molecule has 0 amide bonds. The molecule has 1 radical (unpaired) electrons. The van der Waals surface area contributed by atoms with Crippen molar-refractivity contribution in [3.05, 3.63) is 27.8 Å². The Hall–Kier alpha value is -0.0266. The zero-order valence-electron chi connectivity index (χ0n) is 7.83. The van der Waals surface area contributed by atoms with Crippen molar-refractivity contribution in [3.63, 3.8) is 0 Å². The van der Waals surface area contributed by atoms with Crippen molar-refractivity contribution in [2.45, 2.75) is 34.6 Å². The summed E-state index contributed by atoms with van der Waals surface area (Å²) in [7, 11) is 0. The third kappa shape index (κ3) is 1.59. The molecule has 0 saturated heterocycles. The van der Waals surface area contributed by atoms with Crippen molar-refractivity contribution in [1.82, 2.24) is 0 Å². The zero-order valence-corrected chi connectivity index (χ0v) is 9.47. The van der Waals surface area contributed by atoms with Gasteiger partial charge in [0.1, 0.15) is 0 Å². The molecule has 0 atom stereocenters. The van der Waals surface area contributed by atoms with Crippen LogP contribution < -0.4 is 0 Å². The van der Waals surface area contributed by atoms with E-state index in [-0.39, 0.29) is 19.5 Å². The summed E-state index contributed by atoms with van der Waals surface area (Å²) in [6.45, 7) is 11.0. The van der Waals surface area contributed by atoms with E-state index in [9.17, 15) is 0 Å². The molecule has 63 valence electrons. The van der Waals surface area contributed by atoms with E-state index in [1.165, 1.54) is 27.8 Å². The van der Waals surface area contributed by atoms with E-state index in [2.05, 4.69) is 34.6 Å². The van der Waals surface area contributed by atoms with Gasteiger partial charge in [-0.1, -0.05) is 34.6 Å². The van der Waals surface area contributed by atoms with Crippen molar-refractivity contribution < 1.29 is 19.5 Å². The standard InChI is InChI=1S/C10H15.Rh/c1-6-7(2)9(4)10(5)8(6)3;/h1-5H3;/q-1;+2. The minimum Gasteiger partial charge on any atom is -0.196 e. The van der Waals surface area contributed by atoms with Crippen LogP contribution in [0.2, 0.25) is 0 Å². The number of hydrogen-bond donors (Lipinski definition) is 0. The van der Waals surface area contributed by atoms with Crippen LogP contribution in [0.4, 0.5) is 0 Å². The third-order valence-electron chi connectivity index (χ3n) is 2.81. The van der Waals surface area contributed by atoms with Gasteiger partial charge in [-0.3, -0.25) is 0 Å². The first-order valence-corrected chi connectivity index (χ1v) is 3.75. The van der Waals surface area contributed by atoms with E-state index in [0.717, 1.165) is 0 Å². The molecule has 0 aliphatic heterocycles. The molecule has 1 heteroatoms. The van der Waals surface area contributed by atoms with Crippen molar-refractivity contribution in [2.75, 3.05) is 0 Å². The summed E-state index contributed by atoms with van der Waals surface area (Å²) in [5.74, 6) is 0. The summed E-state index contributed by atoms with van der Waals surface area (Å²) in [4.78, 5) is 0. The first kappa shape index (κ1) is 11.0. The largest absolute Gasteiger partial charge is 2.00 e. The summed E-state index contributed by atoms with van der Waals surface area (Å²) >= 11 is 0. The van der Waals surface area contributed by atoms with Crippen LogP contribution in [0.3, 0.4) is 0 Å². The Morgan fingerprint density at radius 1 is 0.818 bits per heavy atom. The van der Waals surface area contributed by atoms with Crippen LogP contribution in [-0.4, -0.2) is 0 Å². The monoisotopic (exact) mass is 238 g/mol. The summed E-state index contributed by atoms with van der Waals surface area (Å²) in [5.41, 5.74) is 7.34. The van der Waals surface area contributed by atoms with Gasteiger partial charge in [-0.25, -0.2) is 0 Å². The fourth-order valence-corrected chi connectivity index (χ4v) is 1.41. The van der Waals surface area contributed by atoms with Crippen LogP contribution in [0.1, 0.15) is 27.8 Å². The molecule has 0 nitrogen and oxygen atoms in total. The topological polar surface area (TPSA) is 0 Å². The Bertz CT molecular complexity index is 176. The zero-order chi connectivity index (χ0) is 7.89. The second-order valence-electron chi connectivity index (χ2n) is 3.12. The van der Waals surface area contributed by atoms with E-state index in [0.29, 0.717) is 0 Å². The fraction of sp³-hybridized carbons (Fsp3) is 0.500. The van der Waals surface area contributed by atoms with E-state index in [1.807, 2.05) is 0 Å². The second-order valence-corrected chi connectivity index (χ2v) is 3.12. The molecular weight excluding hydrogens is 223 g/mol. The Morgan fingerprint density at radius 2 is 1.09 bits per heavy atom. The smallest absolute Gasteiger partial charge is 0.196 e. The molecule has 0 aliphatic rings. The molecule has 0 heterocycles. The minimum atomic E-state index is 0. The van der Waals surface area contributed by atoms with Crippen molar-refractivity contribution in [1.29, 1.82) is 0 Å². The molecule has 1 rings (SSSR count). The Morgan fingerprint density at radius 3 is 1.18 bits per heavy atom. The molecule has 0 aliphatic carbocycles. The van der Waals surface area contributed by atoms with Crippen LogP contribution in [0.25, 0.3) is 0 Å². The molecule has 0 bridgehead atoms. The van der Waals surface area contributed by atoms with Crippen LogP contribution in [-0.2, 0) is 19.5 Å². The molecule has 0 fully saturated rings. The first-order valence-electron chi connectivity index (χ1n) is 3.75. The van der Waals surface area contributed by atoms with Crippen molar-refractivity contribution in [3.8, 4) is 0 Å². The summed E-state index contributed by atoms with van der Waals surface area (Å²) in [6.07, 6.45) is 0. The predicted octanol–water partition coefficient (Wildman–Crippen LogP) is 2.95. The molecule has 0 spiro atoms. The fourth-order valence-electron chi connectivity index (χ4n) is 1.41. The predicted molar refractivity (Wildman–Crippen MR) is 45.7 cm³/mol. The maximum Gasteiger partial charge on any atom is 2.00 e. The molecule has 1 aromatic carbocycles. The van der Waals surface area contributed by atoms with Gasteiger partial charge in [-0.15, -0.1) is 0 Å². The molecule has 11 heavy (non-hydrogen) atoms. The number of hydrogen-bond acceptors (Lipinski definition) is 0.